The first-order chi connectivity index (χ1) is 13.3. The second-order valence-electron chi connectivity index (χ2n) is 5.79. The molecule has 2 rings (SSSR count). The molecule has 0 aliphatic carbocycles. The van der Waals surface area contributed by atoms with Crippen LogP contribution in [0.4, 0.5) is 13.2 Å². The number of hydrogen-bond acceptors (Lipinski definition) is 5. The molecule has 2 aromatic heterocycles. The van der Waals surface area contributed by atoms with E-state index < -0.39 is 11.9 Å². The van der Waals surface area contributed by atoms with Gasteiger partial charge in [0.15, 0.2) is 11.7 Å². The number of aromatic nitrogens is 2. The maximum atomic E-state index is 12.6. The van der Waals surface area contributed by atoms with E-state index in [4.69, 9.17) is 0 Å². The van der Waals surface area contributed by atoms with Crippen molar-refractivity contribution in [3.05, 3.63) is 46.2 Å². The Morgan fingerprint density at radius 3 is 2.66 bits per heavy atom. The average Bonchev–Trinajstić information content (AvgIpc) is 3.16. The molecule has 2 aromatic rings. The molecule has 0 bridgehead atoms. The molecular formula is C17H22F3IN6OS. The number of guanidine groups is 1. The summed E-state index contributed by atoms with van der Waals surface area (Å²) in [4.78, 5) is 25.5. The molecule has 12 heteroatoms. The van der Waals surface area contributed by atoms with Crippen LogP contribution in [0.5, 0.6) is 0 Å². The van der Waals surface area contributed by atoms with Gasteiger partial charge in [-0.05, 0) is 12.1 Å². The summed E-state index contributed by atoms with van der Waals surface area (Å²) in [5, 5.41) is 6.92. The first-order valence-electron chi connectivity index (χ1n) is 8.39. The summed E-state index contributed by atoms with van der Waals surface area (Å²) in [7, 11) is 3.20. The third kappa shape index (κ3) is 8.51. The Morgan fingerprint density at radius 2 is 2.07 bits per heavy atom. The molecule has 0 spiro atoms. The molecule has 0 unspecified atom stereocenters. The molecule has 0 aliphatic heterocycles. The lowest BCUT2D eigenvalue weighted by Crippen LogP contribution is -2.43. The highest BCUT2D eigenvalue weighted by Gasteiger charge is 2.33. The number of nitrogens with one attached hydrogen (secondary N) is 2. The van der Waals surface area contributed by atoms with E-state index in [-0.39, 0.29) is 48.0 Å². The second-order valence-corrected chi connectivity index (χ2v) is 6.73. The van der Waals surface area contributed by atoms with E-state index in [2.05, 4.69) is 25.6 Å². The number of alkyl halides is 3. The fraction of sp³-hybridized carbons (Fsp3) is 0.412. The summed E-state index contributed by atoms with van der Waals surface area (Å²) in [5.74, 6) is 0.155. The fourth-order valence-corrected chi connectivity index (χ4v) is 2.89. The van der Waals surface area contributed by atoms with Gasteiger partial charge in [0.05, 0.1) is 13.1 Å². The van der Waals surface area contributed by atoms with Crippen LogP contribution in [0.15, 0.2) is 34.8 Å². The third-order valence-electron chi connectivity index (χ3n) is 3.74. The predicted molar refractivity (Wildman–Crippen MR) is 116 cm³/mol. The third-order valence-corrected chi connectivity index (χ3v) is 4.58. The molecule has 0 saturated carbocycles. The molecule has 0 saturated heterocycles. The zero-order chi connectivity index (χ0) is 20.6. The highest BCUT2D eigenvalue weighted by molar-refractivity contribution is 14.0. The van der Waals surface area contributed by atoms with Crippen LogP contribution in [-0.4, -0.2) is 53.9 Å². The highest BCUT2D eigenvalue weighted by Crippen LogP contribution is 2.29. The molecule has 2 heterocycles. The Bertz CT molecular complexity index is 800. The van der Waals surface area contributed by atoms with Gasteiger partial charge in [-0.2, -0.15) is 13.2 Å². The molecule has 0 radical (unpaired) electrons. The number of pyridine rings is 1. The maximum absolute atomic E-state index is 12.6. The van der Waals surface area contributed by atoms with Gasteiger partial charge in [0, 0.05) is 44.3 Å². The Labute approximate surface area is 187 Å². The van der Waals surface area contributed by atoms with E-state index in [1.165, 1.54) is 7.05 Å². The van der Waals surface area contributed by atoms with Crippen molar-refractivity contribution in [3.63, 3.8) is 0 Å². The summed E-state index contributed by atoms with van der Waals surface area (Å²) in [6, 6.07) is 5.61. The van der Waals surface area contributed by atoms with Gasteiger partial charge in [-0.25, -0.2) is 4.98 Å². The van der Waals surface area contributed by atoms with Crippen LogP contribution in [-0.2, 0) is 23.9 Å². The number of amides is 1. The second kappa shape index (κ2) is 11.9. The van der Waals surface area contributed by atoms with Crippen molar-refractivity contribution in [1.82, 2.24) is 25.5 Å². The van der Waals surface area contributed by atoms with E-state index in [0.717, 1.165) is 22.4 Å². The van der Waals surface area contributed by atoms with E-state index in [9.17, 15) is 18.0 Å². The van der Waals surface area contributed by atoms with Crippen LogP contribution in [0.3, 0.4) is 0 Å². The molecule has 29 heavy (non-hydrogen) atoms. The van der Waals surface area contributed by atoms with Gasteiger partial charge in [0.25, 0.3) is 0 Å². The molecule has 0 fully saturated rings. The van der Waals surface area contributed by atoms with E-state index in [1.54, 1.807) is 18.1 Å². The number of carbonyl (C=O) groups excluding carboxylic acids is 1. The highest BCUT2D eigenvalue weighted by atomic mass is 127. The van der Waals surface area contributed by atoms with Crippen LogP contribution >= 0.6 is 35.3 Å². The van der Waals surface area contributed by atoms with E-state index in [1.807, 2.05) is 18.2 Å². The van der Waals surface area contributed by atoms with Crippen molar-refractivity contribution in [1.29, 1.82) is 0 Å². The first kappa shape index (κ1) is 25.1. The predicted octanol–water partition coefficient (Wildman–Crippen LogP) is 2.54. The number of carbonyl (C=O) groups is 1. The number of likely N-dealkylation sites (N-methyl/N-ethyl adjacent to an activating group) is 1. The van der Waals surface area contributed by atoms with Crippen molar-refractivity contribution in [2.45, 2.75) is 19.1 Å². The molecule has 160 valence electrons. The normalized spacial score (nSPS) is 11.6. The van der Waals surface area contributed by atoms with Gasteiger partial charge >= 0.3 is 6.18 Å². The van der Waals surface area contributed by atoms with Crippen LogP contribution in [0, 0.1) is 0 Å². The summed E-state index contributed by atoms with van der Waals surface area (Å²) < 4.78 is 37.7. The number of rotatable bonds is 7. The number of aliphatic imine (C=N–C) groups is 1. The van der Waals surface area contributed by atoms with Gasteiger partial charge in [0.1, 0.15) is 5.01 Å². The van der Waals surface area contributed by atoms with Crippen LogP contribution < -0.4 is 10.6 Å². The average molecular weight is 542 g/mol. The quantitative estimate of drug-likeness (QED) is 0.320. The van der Waals surface area contributed by atoms with Gasteiger partial charge < -0.3 is 15.5 Å². The van der Waals surface area contributed by atoms with Crippen molar-refractivity contribution in [2.75, 3.05) is 27.2 Å². The largest absolute Gasteiger partial charge is 0.434 e. The Balaban J connectivity index is 0.00000420. The molecule has 0 aromatic carbocycles. The molecule has 0 atom stereocenters. The van der Waals surface area contributed by atoms with Crippen LogP contribution in [0.2, 0.25) is 0 Å². The zero-order valence-electron chi connectivity index (χ0n) is 15.9. The van der Waals surface area contributed by atoms with Gasteiger partial charge in [-0.3, -0.25) is 14.8 Å². The number of hydrogen-bond donors (Lipinski definition) is 2. The summed E-state index contributed by atoms with van der Waals surface area (Å²) in [6.45, 7) is 0.594. The van der Waals surface area contributed by atoms with Crippen LogP contribution in [0.25, 0.3) is 0 Å². The van der Waals surface area contributed by atoms with E-state index in [0.29, 0.717) is 18.9 Å². The minimum atomic E-state index is -4.46. The molecular weight excluding hydrogens is 520 g/mol. The zero-order valence-corrected chi connectivity index (χ0v) is 19.0. The Morgan fingerprint density at radius 1 is 1.31 bits per heavy atom. The molecule has 7 nitrogen and oxygen atoms in total. The number of nitrogens with zero attached hydrogens (tertiary/aromatic N) is 4. The molecule has 2 N–H and O–H groups in total. The van der Waals surface area contributed by atoms with Crippen molar-refractivity contribution in [3.8, 4) is 0 Å². The number of halogens is 4. The van der Waals surface area contributed by atoms with Gasteiger partial charge in [0.2, 0.25) is 5.91 Å². The van der Waals surface area contributed by atoms with Crippen molar-refractivity contribution >= 4 is 47.2 Å². The lowest BCUT2D eigenvalue weighted by atomic mass is 10.2. The van der Waals surface area contributed by atoms with Gasteiger partial charge in [-0.15, -0.1) is 35.3 Å². The minimum Gasteiger partial charge on any atom is -0.350 e. The monoisotopic (exact) mass is 542 g/mol. The Kier molecular flexibility index (Phi) is 10.3. The molecule has 1 amide bonds. The fourth-order valence-electron chi connectivity index (χ4n) is 2.15. The lowest BCUT2D eigenvalue weighted by molar-refractivity contribution is -0.140. The summed E-state index contributed by atoms with van der Waals surface area (Å²) in [6.07, 6.45) is -2.11. The smallest absolute Gasteiger partial charge is 0.350 e. The maximum Gasteiger partial charge on any atom is 0.434 e. The minimum absolute atomic E-state index is 0. The SMILES string of the molecule is CN=C(NCC(=O)N(C)CCc1ccccn1)NCc1nc(C(F)(F)F)cs1.I. The number of thiazole rings is 1. The van der Waals surface area contributed by atoms with Crippen LogP contribution in [0.1, 0.15) is 16.4 Å². The summed E-state index contributed by atoms with van der Waals surface area (Å²) >= 11 is 0.905. The first-order valence-corrected chi connectivity index (χ1v) is 9.27. The van der Waals surface area contributed by atoms with Crippen molar-refractivity contribution in [2.24, 2.45) is 4.99 Å². The standard InChI is InChI=1S/C17H21F3N6OS.HI/c1-21-16(23-9-14-25-13(11-28-14)17(18,19)20)24-10-15(27)26(2)8-6-12-5-3-4-7-22-12;/h3-5,7,11H,6,8-10H2,1-2H3,(H2,21,23,24);1H. The van der Waals surface area contributed by atoms with Gasteiger partial charge in [-0.1, -0.05) is 6.07 Å². The topological polar surface area (TPSA) is 82.5 Å². The van der Waals surface area contributed by atoms with E-state index >= 15 is 0 Å². The molecule has 0 aliphatic rings. The van der Waals surface area contributed by atoms with Crippen molar-refractivity contribution < 1.29 is 18.0 Å². The lowest BCUT2D eigenvalue weighted by Gasteiger charge is -2.18. The summed E-state index contributed by atoms with van der Waals surface area (Å²) in [5.41, 5.74) is -0.0174. The Hall–Kier alpha value is -1.96.